The number of fused-ring (bicyclic) bond motifs is 1. The fraction of sp³-hybridized carbons (Fsp3) is 0.450. The van der Waals surface area contributed by atoms with E-state index in [1.54, 1.807) is 11.0 Å². The summed E-state index contributed by atoms with van der Waals surface area (Å²) < 4.78 is 45.3. The van der Waals surface area contributed by atoms with Gasteiger partial charge in [0.05, 0.1) is 18.3 Å². The molecule has 0 unspecified atom stereocenters. The lowest BCUT2D eigenvalue weighted by Gasteiger charge is -2.19. The van der Waals surface area contributed by atoms with Crippen LogP contribution in [-0.4, -0.2) is 51.0 Å². The van der Waals surface area contributed by atoms with Crippen LogP contribution in [0.3, 0.4) is 0 Å². The standard InChI is InChI=1S/C20H20F3N3O4/c21-20(22,23)15-3-1-2-12(6-15)11-30-16-7-13-9-25(10-14(13)8-16)19(29)26-5-4-17(24-26)18(27)28/h1-6,13-14,16H,7-11H2,(H,27,28)/t13-,14+,16+. The predicted octanol–water partition coefficient (Wildman–Crippen LogP) is 3.50. The maximum absolute atomic E-state index is 12.8. The largest absolute Gasteiger partial charge is 0.476 e. The summed E-state index contributed by atoms with van der Waals surface area (Å²) in [5.41, 5.74) is -0.400. The maximum Gasteiger partial charge on any atom is 0.416 e. The minimum absolute atomic E-state index is 0.0601. The molecule has 1 aromatic heterocycles. The number of carbonyl (C=O) groups excluding carboxylic acids is 1. The number of nitrogens with zero attached hydrogens (tertiary/aromatic N) is 3. The van der Waals surface area contributed by atoms with Crippen LogP contribution in [0.4, 0.5) is 18.0 Å². The van der Waals surface area contributed by atoms with Gasteiger partial charge in [0.2, 0.25) is 0 Å². The van der Waals surface area contributed by atoms with E-state index >= 15 is 0 Å². The van der Waals surface area contributed by atoms with Gasteiger partial charge >= 0.3 is 18.2 Å². The molecule has 0 radical (unpaired) electrons. The molecule has 7 nitrogen and oxygen atoms in total. The van der Waals surface area contributed by atoms with Gasteiger partial charge in [-0.25, -0.2) is 9.59 Å². The average Bonchev–Trinajstić information content (AvgIpc) is 3.40. The second-order valence-electron chi connectivity index (χ2n) is 7.76. The Hall–Kier alpha value is -2.88. The molecule has 4 rings (SSSR count). The number of rotatable bonds is 4. The molecule has 3 atom stereocenters. The predicted molar refractivity (Wildman–Crippen MR) is 97.8 cm³/mol. The highest BCUT2D eigenvalue weighted by Gasteiger charge is 2.43. The van der Waals surface area contributed by atoms with E-state index in [4.69, 9.17) is 9.84 Å². The number of hydrogen-bond donors (Lipinski definition) is 1. The first-order valence-electron chi connectivity index (χ1n) is 9.56. The third-order valence-electron chi connectivity index (χ3n) is 5.72. The smallest absolute Gasteiger partial charge is 0.416 e. The first kappa shape index (κ1) is 20.4. The van der Waals surface area contributed by atoms with Crippen molar-refractivity contribution in [3.63, 3.8) is 0 Å². The lowest BCUT2D eigenvalue weighted by atomic mass is 10.0. The molecule has 1 saturated carbocycles. The van der Waals surface area contributed by atoms with Gasteiger partial charge in [0.15, 0.2) is 5.69 Å². The minimum Gasteiger partial charge on any atom is -0.476 e. The first-order chi connectivity index (χ1) is 14.2. The van der Waals surface area contributed by atoms with Crippen molar-refractivity contribution in [1.29, 1.82) is 0 Å². The molecule has 0 spiro atoms. The molecule has 1 saturated heterocycles. The van der Waals surface area contributed by atoms with Crippen LogP contribution >= 0.6 is 0 Å². The van der Waals surface area contributed by atoms with E-state index in [0.717, 1.165) is 29.7 Å². The zero-order chi connectivity index (χ0) is 21.5. The van der Waals surface area contributed by atoms with Crippen LogP contribution in [0.15, 0.2) is 36.5 Å². The van der Waals surface area contributed by atoms with Crippen molar-refractivity contribution in [3.8, 4) is 0 Å². The van der Waals surface area contributed by atoms with Gasteiger partial charge in [-0.1, -0.05) is 12.1 Å². The molecule has 2 aromatic rings. The highest BCUT2D eigenvalue weighted by Crippen LogP contribution is 2.40. The van der Waals surface area contributed by atoms with Gasteiger partial charge < -0.3 is 14.7 Å². The zero-order valence-electron chi connectivity index (χ0n) is 15.9. The molecule has 1 aliphatic heterocycles. The van der Waals surface area contributed by atoms with Crippen molar-refractivity contribution in [1.82, 2.24) is 14.7 Å². The summed E-state index contributed by atoms with van der Waals surface area (Å²) >= 11 is 0. The number of alkyl halides is 3. The SMILES string of the molecule is O=C(O)c1ccn(C(=O)N2C[C@H]3C[C@H](OCc4cccc(C(F)(F)F)c4)C[C@H]3C2)n1. The molecule has 1 aliphatic carbocycles. The molecule has 1 N–H and O–H groups in total. The third kappa shape index (κ3) is 4.18. The number of aromatic carboxylic acids is 1. The molecule has 30 heavy (non-hydrogen) atoms. The van der Waals surface area contributed by atoms with Gasteiger partial charge in [-0.05, 0) is 48.4 Å². The molecule has 1 aromatic carbocycles. The molecule has 160 valence electrons. The monoisotopic (exact) mass is 423 g/mol. The third-order valence-corrected chi connectivity index (χ3v) is 5.72. The van der Waals surface area contributed by atoms with Crippen LogP contribution in [0, 0.1) is 11.8 Å². The van der Waals surface area contributed by atoms with Crippen LogP contribution < -0.4 is 0 Å². The second kappa shape index (κ2) is 7.75. The van der Waals surface area contributed by atoms with Crippen molar-refractivity contribution < 1.29 is 32.6 Å². The fourth-order valence-corrected chi connectivity index (χ4v) is 4.28. The quantitative estimate of drug-likeness (QED) is 0.814. The van der Waals surface area contributed by atoms with E-state index in [1.165, 1.54) is 18.3 Å². The number of aromatic nitrogens is 2. The number of carboxylic acid groups (broad SMARTS) is 1. The van der Waals surface area contributed by atoms with E-state index in [0.29, 0.717) is 18.7 Å². The zero-order valence-corrected chi connectivity index (χ0v) is 15.9. The van der Waals surface area contributed by atoms with Gasteiger partial charge in [-0.2, -0.15) is 23.0 Å². The Morgan fingerprint density at radius 2 is 1.87 bits per heavy atom. The first-order valence-corrected chi connectivity index (χ1v) is 9.56. The molecule has 10 heteroatoms. The van der Waals surface area contributed by atoms with Crippen molar-refractivity contribution >= 4 is 12.0 Å². The average molecular weight is 423 g/mol. The summed E-state index contributed by atoms with van der Waals surface area (Å²) in [6, 6.07) is 6.04. The highest BCUT2D eigenvalue weighted by molar-refractivity contribution is 5.86. The molecule has 2 fully saturated rings. The van der Waals surface area contributed by atoms with E-state index in [1.807, 2.05) is 0 Å². The van der Waals surface area contributed by atoms with Crippen molar-refractivity contribution in [2.75, 3.05) is 13.1 Å². The topological polar surface area (TPSA) is 84.7 Å². The summed E-state index contributed by atoms with van der Waals surface area (Å²) in [6.45, 7) is 1.16. The Kier molecular flexibility index (Phi) is 5.27. The number of benzene rings is 1. The highest BCUT2D eigenvalue weighted by atomic mass is 19.4. The number of hydrogen-bond acceptors (Lipinski definition) is 4. The van der Waals surface area contributed by atoms with E-state index in [9.17, 15) is 22.8 Å². The lowest BCUT2D eigenvalue weighted by molar-refractivity contribution is -0.137. The summed E-state index contributed by atoms with van der Waals surface area (Å²) in [6.07, 6.45) is -1.65. The molecule has 2 heterocycles. The van der Waals surface area contributed by atoms with Crippen LogP contribution in [0.2, 0.25) is 0 Å². The van der Waals surface area contributed by atoms with Gasteiger partial charge in [-0.15, -0.1) is 0 Å². The Bertz CT molecular complexity index is 945. The number of ether oxygens (including phenoxy) is 1. The van der Waals surface area contributed by atoms with Crippen molar-refractivity contribution in [2.24, 2.45) is 11.8 Å². The molecular formula is C20H20F3N3O4. The Balaban J connectivity index is 1.29. The second-order valence-corrected chi connectivity index (χ2v) is 7.76. The summed E-state index contributed by atoms with van der Waals surface area (Å²) in [4.78, 5) is 25.1. The van der Waals surface area contributed by atoms with E-state index in [-0.39, 0.29) is 36.3 Å². The maximum atomic E-state index is 12.8. The minimum atomic E-state index is -4.38. The van der Waals surface area contributed by atoms with Crippen LogP contribution in [0.25, 0.3) is 0 Å². The van der Waals surface area contributed by atoms with E-state index in [2.05, 4.69) is 5.10 Å². The van der Waals surface area contributed by atoms with Crippen LogP contribution in [0.5, 0.6) is 0 Å². The number of carbonyl (C=O) groups is 2. The van der Waals surface area contributed by atoms with Gasteiger partial charge in [0.25, 0.3) is 0 Å². The summed E-state index contributed by atoms with van der Waals surface area (Å²) in [5, 5.41) is 12.7. The summed E-state index contributed by atoms with van der Waals surface area (Å²) in [7, 11) is 0. The molecular weight excluding hydrogens is 403 g/mol. The van der Waals surface area contributed by atoms with Gasteiger partial charge in [0, 0.05) is 19.3 Å². The number of likely N-dealkylation sites (tertiary alicyclic amines) is 1. The lowest BCUT2D eigenvalue weighted by Crippen LogP contribution is -2.34. The number of amides is 1. The number of halogens is 3. The van der Waals surface area contributed by atoms with Crippen LogP contribution in [0.1, 0.15) is 34.5 Å². The molecule has 0 bridgehead atoms. The Morgan fingerprint density at radius 1 is 1.17 bits per heavy atom. The Morgan fingerprint density at radius 3 is 2.47 bits per heavy atom. The molecule has 2 aliphatic rings. The van der Waals surface area contributed by atoms with Crippen LogP contribution in [-0.2, 0) is 17.5 Å². The Labute approximate surface area is 170 Å². The van der Waals surface area contributed by atoms with Crippen molar-refractivity contribution in [3.05, 3.63) is 53.3 Å². The van der Waals surface area contributed by atoms with E-state index < -0.39 is 17.7 Å². The normalized spacial score (nSPS) is 23.6. The molecule has 1 amide bonds. The van der Waals surface area contributed by atoms with Gasteiger partial charge in [0.1, 0.15) is 0 Å². The van der Waals surface area contributed by atoms with Crippen molar-refractivity contribution in [2.45, 2.75) is 31.7 Å². The van der Waals surface area contributed by atoms with Gasteiger partial charge in [-0.3, -0.25) is 0 Å². The summed E-state index contributed by atoms with van der Waals surface area (Å²) in [5.74, 6) is -0.703. The number of carboxylic acids is 1. The fourth-order valence-electron chi connectivity index (χ4n) is 4.28.